The third-order valence-corrected chi connectivity index (χ3v) is 3.48. The third-order valence-electron chi connectivity index (χ3n) is 2.25. The van der Waals surface area contributed by atoms with Crippen LogP contribution >= 0.6 is 24.0 Å². The molecule has 2 heterocycles. The number of hydrogen-bond donors (Lipinski definition) is 4. The van der Waals surface area contributed by atoms with Crippen molar-refractivity contribution in [1.29, 1.82) is 0 Å². The maximum atomic E-state index is 11.2. The van der Waals surface area contributed by atoms with Crippen LogP contribution in [-0.4, -0.2) is 22.1 Å². The summed E-state index contributed by atoms with van der Waals surface area (Å²) in [4.78, 5) is 13.9. The number of aromatic amines is 1. The Hall–Kier alpha value is -2.14. The monoisotopic (exact) mass is 336 g/mol. The topological polar surface area (TPSA) is 79.1 Å². The molecule has 2 aromatic heterocycles. The average Bonchev–Trinajstić information content (AvgIpc) is 2.86. The van der Waals surface area contributed by atoms with Gasteiger partial charge in [0.2, 0.25) is 0 Å². The minimum Gasteiger partial charge on any atom is -0.368 e. The van der Waals surface area contributed by atoms with Crippen molar-refractivity contribution in [1.82, 2.24) is 4.98 Å². The summed E-state index contributed by atoms with van der Waals surface area (Å²) in [5, 5.41) is 11.3. The highest BCUT2D eigenvalue weighted by Crippen LogP contribution is 2.20. The van der Waals surface area contributed by atoms with Gasteiger partial charge >= 0.3 is 0 Å². The van der Waals surface area contributed by atoms with Gasteiger partial charge in [-0.25, -0.2) is 0 Å². The molecule has 0 aliphatic carbocycles. The van der Waals surface area contributed by atoms with Crippen LogP contribution in [0, 0.1) is 42.4 Å². The molecule has 0 aliphatic rings. The summed E-state index contributed by atoms with van der Waals surface area (Å²) < 4.78 is 1.06. The minimum absolute atomic E-state index is 0. The van der Waals surface area contributed by atoms with Gasteiger partial charge in [-0.05, 0) is 53.5 Å². The fraction of sp³-hybridized carbons (Fsp3) is 0.188. The molecule has 4 nitrogen and oxygen atoms in total. The van der Waals surface area contributed by atoms with Gasteiger partial charge in [-0.3, -0.25) is 10.5 Å². The third kappa shape index (κ3) is 6.10. The molecule has 6 heteroatoms. The second kappa shape index (κ2) is 9.73. The van der Waals surface area contributed by atoms with Crippen molar-refractivity contribution in [3.8, 4) is 35.5 Å². The summed E-state index contributed by atoms with van der Waals surface area (Å²) in [6.07, 6.45) is 0.558. The van der Waals surface area contributed by atoms with Crippen LogP contribution in [0.1, 0.15) is 9.84 Å². The number of aryl methyl sites for hydroxylation is 1. The predicted molar refractivity (Wildman–Crippen MR) is 101 cm³/mol. The number of aliphatic hydroxyl groups excluding tert-OH is 1. The molecule has 0 aliphatic heterocycles. The molecular weight excluding hydrogens is 316 g/mol. The molecule has 1 atom stereocenters. The van der Waals surface area contributed by atoms with Crippen LogP contribution in [0.4, 0.5) is 0 Å². The number of hydrogen-bond acceptors (Lipinski definition) is 5. The van der Waals surface area contributed by atoms with Crippen LogP contribution in [0.2, 0.25) is 0 Å². The number of nitrogens with two attached hydrogens (primary N) is 1. The minimum atomic E-state index is -1.12. The smallest absolute Gasteiger partial charge is 0.256 e. The highest BCUT2D eigenvalue weighted by molar-refractivity contribution is 7.80. The molecule has 2 aromatic rings. The van der Waals surface area contributed by atoms with Gasteiger partial charge in [0, 0.05) is 15.2 Å². The Morgan fingerprint density at radius 1 is 1.45 bits per heavy atom. The van der Waals surface area contributed by atoms with Gasteiger partial charge in [0.05, 0.1) is 11.1 Å². The highest BCUT2D eigenvalue weighted by atomic mass is 32.1. The molecule has 0 aromatic carbocycles. The number of thiophene rings is 1. The van der Waals surface area contributed by atoms with Gasteiger partial charge in [-0.1, -0.05) is 5.92 Å². The van der Waals surface area contributed by atoms with Crippen molar-refractivity contribution in [2.45, 2.75) is 13.2 Å². The summed E-state index contributed by atoms with van der Waals surface area (Å²) in [5.41, 5.74) is 5.98. The summed E-state index contributed by atoms with van der Waals surface area (Å²) in [7, 11) is 0. The molecule has 0 amide bonds. The lowest BCUT2D eigenvalue weighted by atomic mass is 10.2. The largest absolute Gasteiger partial charge is 0.368 e. The number of aliphatic hydroxyl groups is 1. The molecule has 118 valence electrons. The maximum absolute atomic E-state index is 11.2. The summed E-state index contributed by atoms with van der Waals surface area (Å²) in [6, 6.07) is 1.92. The van der Waals surface area contributed by atoms with Crippen LogP contribution in [0.25, 0.3) is 10.1 Å². The summed E-state index contributed by atoms with van der Waals surface area (Å²) in [5.74, 6) is 15.0. The number of H-pyrrole nitrogens is 1. The van der Waals surface area contributed by atoms with Crippen molar-refractivity contribution in [2.75, 3.05) is 5.75 Å². The number of pyridine rings is 1. The van der Waals surface area contributed by atoms with Crippen molar-refractivity contribution >= 4 is 34.1 Å². The molecule has 0 fully saturated rings. The lowest BCUT2D eigenvalue weighted by Gasteiger charge is -1.87. The molecule has 0 saturated carbocycles. The Morgan fingerprint density at radius 2 is 2.18 bits per heavy atom. The first kappa shape index (κ1) is 17.9. The Labute approximate surface area is 142 Å². The Kier molecular flexibility index (Phi) is 7.92. The predicted octanol–water partition coefficient (Wildman–Crippen LogP) is 1.84. The number of rotatable bonds is 0. The van der Waals surface area contributed by atoms with Gasteiger partial charge in [0.1, 0.15) is 0 Å². The van der Waals surface area contributed by atoms with Gasteiger partial charge in [-0.2, -0.15) is 12.6 Å². The van der Waals surface area contributed by atoms with E-state index in [1.165, 1.54) is 0 Å². The first-order valence-electron chi connectivity index (χ1n) is 6.14. The van der Waals surface area contributed by atoms with Crippen molar-refractivity contribution in [2.24, 2.45) is 5.73 Å². The van der Waals surface area contributed by atoms with E-state index < -0.39 is 6.23 Å². The SMILES string of the molecule is Cc1csc2cc[nH]c(=O)c12.NC(O)C#CC#CC#CCS.[HH].[HH].[HH]. The van der Waals surface area contributed by atoms with Crippen LogP contribution in [0.5, 0.6) is 0 Å². The van der Waals surface area contributed by atoms with E-state index in [1.807, 2.05) is 18.4 Å². The molecule has 4 N–H and O–H groups in total. The summed E-state index contributed by atoms with van der Waals surface area (Å²) >= 11 is 5.45. The molecule has 0 bridgehead atoms. The van der Waals surface area contributed by atoms with E-state index in [4.69, 9.17) is 10.8 Å². The molecule has 1 unspecified atom stereocenters. The molecule has 0 spiro atoms. The average molecular weight is 336 g/mol. The lowest BCUT2D eigenvalue weighted by molar-refractivity contribution is 0.241. The standard InChI is InChI=1S/2C8H7NOS.3H2/c1-5-4-11-6-2-3-9-8(10)7(5)6;9-8(10)6-4-2-1-3-5-7-11;;;/h2-4H,1H3,(H,9,10);8,10-11H,7,9H2;3*1H. The number of aromatic nitrogens is 1. The fourth-order valence-corrected chi connectivity index (χ4v) is 2.42. The van der Waals surface area contributed by atoms with E-state index in [0.29, 0.717) is 5.75 Å². The van der Waals surface area contributed by atoms with E-state index in [9.17, 15) is 4.79 Å². The molecule has 22 heavy (non-hydrogen) atoms. The Balaban J connectivity index is -0.000000346. The zero-order chi connectivity index (χ0) is 16.4. The second-order valence-corrected chi connectivity index (χ2v) is 5.12. The van der Waals surface area contributed by atoms with E-state index in [0.717, 1.165) is 15.6 Å². The molecule has 2 rings (SSSR count). The van der Waals surface area contributed by atoms with Crippen molar-refractivity contribution in [3.05, 3.63) is 33.6 Å². The number of nitrogens with one attached hydrogen (secondary N) is 1. The maximum Gasteiger partial charge on any atom is 0.256 e. The highest BCUT2D eigenvalue weighted by Gasteiger charge is 2.01. The van der Waals surface area contributed by atoms with Gasteiger partial charge < -0.3 is 10.1 Å². The van der Waals surface area contributed by atoms with Gasteiger partial charge in [0.25, 0.3) is 5.56 Å². The van der Waals surface area contributed by atoms with Crippen molar-refractivity contribution in [3.63, 3.8) is 0 Å². The normalized spacial score (nSPS) is 9.82. The van der Waals surface area contributed by atoms with Crippen LogP contribution in [0.3, 0.4) is 0 Å². The fourth-order valence-electron chi connectivity index (χ4n) is 1.40. The zero-order valence-electron chi connectivity index (χ0n) is 11.8. The van der Waals surface area contributed by atoms with Crippen LogP contribution in [-0.2, 0) is 0 Å². The lowest BCUT2D eigenvalue weighted by Crippen LogP contribution is -2.14. The Bertz CT molecular complexity index is 875. The molecular formula is C16H20N2O2S2. The van der Waals surface area contributed by atoms with Gasteiger partial charge in [0.15, 0.2) is 6.23 Å². The molecule has 0 saturated heterocycles. The van der Waals surface area contributed by atoms with E-state index in [1.54, 1.807) is 17.5 Å². The zero-order valence-corrected chi connectivity index (χ0v) is 13.5. The summed E-state index contributed by atoms with van der Waals surface area (Å²) in [6.45, 7) is 1.95. The van der Waals surface area contributed by atoms with Crippen molar-refractivity contribution < 1.29 is 9.39 Å². The first-order valence-corrected chi connectivity index (χ1v) is 7.66. The van der Waals surface area contributed by atoms with Crippen LogP contribution in [0.15, 0.2) is 22.4 Å². The number of thiol groups is 1. The second-order valence-electron chi connectivity index (χ2n) is 3.89. The van der Waals surface area contributed by atoms with Crippen LogP contribution < -0.4 is 11.3 Å². The van der Waals surface area contributed by atoms with E-state index in [2.05, 4.69) is 53.1 Å². The Morgan fingerprint density at radius 3 is 2.82 bits per heavy atom. The van der Waals surface area contributed by atoms with E-state index in [-0.39, 0.29) is 9.84 Å². The first-order chi connectivity index (χ1) is 10.6. The quantitative estimate of drug-likeness (QED) is 0.337. The van der Waals surface area contributed by atoms with E-state index >= 15 is 0 Å². The van der Waals surface area contributed by atoms with Gasteiger partial charge in [-0.15, -0.1) is 11.3 Å². The molecule has 0 radical (unpaired) electrons. The number of fused-ring (bicyclic) bond motifs is 1.